The van der Waals surface area contributed by atoms with E-state index in [-0.39, 0.29) is 23.7 Å². The molecule has 0 aliphatic heterocycles. The molecule has 0 bridgehead atoms. The molecule has 0 saturated carbocycles. The molecule has 4 aromatic rings. The molecule has 4 rings (SSSR count). The van der Waals surface area contributed by atoms with Crippen molar-refractivity contribution < 1.29 is 17.9 Å². The molecule has 0 aliphatic rings. The van der Waals surface area contributed by atoms with Crippen LogP contribution in [0.3, 0.4) is 0 Å². The number of pyridine rings is 1. The number of benzene rings is 3. The Bertz CT molecular complexity index is 1450. The molecular weight excluding hydrogens is 530 g/mol. The molecule has 0 fully saturated rings. The fourth-order valence-electron chi connectivity index (χ4n) is 3.75. The van der Waals surface area contributed by atoms with E-state index in [1.807, 2.05) is 30.3 Å². The zero-order valence-electron chi connectivity index (χ0n) is 19.1. The van der Waals surface area contributed by atoms with E-state index in [0.29, 0.717) is 26.7 Å². The Morgan fingerprint density at radius 3 is 1.91 bits per heavy atom. The minimum atomic E-state index is -4.00. The average Bonchev–Trinajstić information content (AvgIpc) is 2.88. The standard InChI is InChI=1S/C26H22BrN3O4S/c1-33-21-7-3-18(4-8-21)16-30(17-19-5-9-22(34-2)10-6-19)35(31,32)26-14-20(27)13-24-23(26)11-12-29-25(24)15-28/h3-14H,16-17H2,1-2H3. The second kappa shape index (κ2) is 10.4. The fourth-order valence-corrected chi connectivity index (χ4v) is 6.01. The average molecular weight is 552 g/mol. The molecule has 0 saturated heterocycles. The van der Waals surface area contributed by atoms with Crippen molar-refractivity contribution in [3.05, 3.63) is 94.2 Å². The van der Waals surface area contributed by atoms with Crippen LogP contribution >= 0.6 is 15.9 Å². The van der Waals surface area contributed by atoms with Gasteiger partial charge in [0.25, 0.3) is 0 Å². The summed E-state index contributed by atoms with van der Waals surface area (Å²) < 4.78 is 40.6. The van der Waals surface area contributed by atoms with Crippen molar-refractivity contribution in [2.75, 3.05) is 14.2 Å². The van der Waals surface area contributed by atoms with Crippen LogP contribution in [0.1, 0.15) is 16.8 Å². The van der Waals surface area contributed by atoms with E-state index >= 15 is 0 Å². The fraction of sp³-hybridized carbons (Fsp3) is 0.154. The number of hydrogen-bond acceptors (Lipinski definition) is 6. The van der Waals surface area contributed by atoms with E-state index in [0.717, 1.165) is 11.1 Å². The Hall–Kier alpha value is -3.45. The van der Waals surface area contributed by atoms with Gasteiger partial charge in [0.05, 0.1) is 19.1 Å². The van der Waals surface area contributed by atoms with Crippen LogP contribution in [0.2, 0.25) is 0 Å². The first-order valence-electron chi connectivity index (χ1n) is 10.6. The number of halogens is 1. The SMILES string of the molecule is COc1ccc(CN(Cc2ccc(OC)cc2)S(=O)(=O)c2cc(Br)cc3c(C#N)nccc23)cc1. The summed E-state index contributed by atoms with van der Waals surface area (Å²) in [6.07, 6.45) is 1.45. The van der Waals surface area contributed by atoms with Crippen molar-refractivity contribution in [3.63, 3.8) is 0 Å². The van der Waals surface area contributed by atoms with Gasteiger partial charge in [0.1, 0.15) is 23.3 Å². The molecule has 35 heavy (non-hydrogen) atoms. The minimum Gasteiger partial charge on any atom is -0.497 e. The number of ether oxygens (including phenoxy) is 2. The molecule has 0 amide bonds. The predicted octanol–water partition coefficient (Wildman–Crippen LogP) is 5.28. The van der Waals surface area contributed by atoms with Crippen LogP contribution in [0.4, 0.5) is 0 Å². The normalized spacial score (nSPS) is 11.4. The van der Waals surface area contributed by atoms with E-state index in [1.165, 1.54) is 10.5 Å². The highest BCUT2D eigenvalue weighted by atomic mass is 79.9. The second-order valence-corrected chi connectivity index (χ2v) is 10.6. The highest BCUT2D eigenvalue weighted by molar-refractivity contribution is 9.10. The molecule has 9 heteroatoms. The molecule has 7 nitrogen and oxygen atoms in total. The number of methoxy groups -OCH3 is 2. The third-order valence-electron chi connectivity index (χ3n) is 5.57. The first-order chi connectivity index (χ1) is 16.8. The van der Waals surface area contributed by atoms with Gasteiger partial charge in [0.15, 0.2) is 0 Å². The zero-order valence-corrected chi connectivity index (χ0v) is 21.5. The number of nitriles is 1. The van der Waals surface area contributed by atoms with Gasteiger partial charge in [-0.05, 0) is 53.6 Å². The maximum atomic E-state index is 14.1. The number of fused-ring (bicyclic) bond motifs is 1. The molecule has 0 N–H and O–H groups in total. The molecule has 1 heterocycles. The summed E-state index contributed by atoms with van der Waals surface area (Å²) in [5.74, 6) is 1.38. The first kappa shape index (κ1) is 24.7. The third kappa shape index (κ3) is 5.30. The van der Waals surface area contributed by atoms with Crippen LogP contribution in [-0.2, 0) is 23.1 Å². The highest BCUT2D eigenvalue weighted by Gasteiger charge is 2.28. The Morgan fingerprint density at radius 2 is 1.43 bits per heavy atom. The lowest BCUT2D eigenvalue weighted by Gasteiger charge is -2.24. The maximum absolute atomic E-state index is 14.1. The van der Waals surface area contributed by atoms with Crippen LogP contribution < -0.4 is 9.47 Å². The maximum Gasteiger partial charge on any atom is 0.244 e. The molecule has 0 aliphatic carbocycles. The van der Waals surface area contributed by atoms with Gasteiger partial charge < -0.3 is 9.47 Å². The summed E-state index contributed by atoms with van der Waals surface area (Å²) in [5.41, 5.74) is 1.78. The molecule has 1 aromatic heterocycles. The highest BCUT2D eigenvalue weighted by Crippen LogP contribution is 2.32. The largest absolute Gasteiger partial charge is 0.497 e. The van der Waals surface area contributed by atoms with Gasteiger partial charge in [-0.1, -0.05) is 40.2 Å². The summed E-state index contributed by atoms with van der Waals surface area (Å²) in [6, 6.07) is 21.5. The Morgan fingerprint density at radius 1 is 0.886 bits per heavy atom. The number of nitrogens with zero attached hydrogens (tertiary/aromatic N) is 3. The second-order valence-electron chi connectivity index (χ2n) is 7.74. The minimum absolute atomic E-state index is 0.0998. The van der Waals surface area contributed by atoms with E-state index in [9.17, 15) is 13.7 Å². The van der Waals surface area contributed by atoms with Gasteiger partial charge in [-0.25, -0.2) is 13.4 Å². The van der Waals surface area contributed by atoms with Crippen molar-refractivity contribution >= 4 is 36.7 Å². The molecule has 0 unspecified atom stereocenters. The van der Waals surface area contributed by atoms with E-state index < -0.39 is 10.0 Å². The van der Waals surface area contributed by atoms with Crippen molar-refractivity contribution in [3.8, 4) is 17.6 Å². The summed E-state index contributed by atoms with van der Waals surface area (Å²) in [4.78, 5) is 4.19. The smallest absolute Gasteiger partial charge is 0.244 e. The quantitative estimate of drug-likeness (QED) is 0.296. The Balaban J connectivity index is 1.82. The molecular formula is C26H22BrN3O4S. The van der Waals surface area contributed by atoms with E-state index in [2.05, 4.69) is 20.9 Å². The molecule has 0 atom stereocenters. The lowest BCUT2D eigenvalue weighted by molar-refractivity contribution is 0.398. The van der Waals surface area contributed by atoms with Crippen LogP contribution in [-0.4, -0.2) is 31.9 Å². The molecule has 0 radical (unpaired) electrons. The van der Waals surface area contributed by atoms with E-state index in [1.54, 1.807) is 56.7 Å². The van der Waals surface area contributed by atoms with Gasteiger partial charge in [-0.15, -0.1) is 0 Å². The number of aromatic nitrogens is 1. The summed E-state index contributed by atoms with van der Waals surface area (Å²) in [6.45, 7) is 0.283. The number of rotatable bonds is 8. The van der Waals surface area contributed by atoms with Crippen LogP contribution in [0.15, 0.2) is 82.3 Å². The van der Waals surface area contributed by atoms with Crippen LogP contribution in [0.5, 0.6) is 11.5 Å². The first-order valence-corrected chi connectivity index (χ1v) is 12.8. The van der Waals surface area contributed by atoms with Crippen molar-refractivity contribution in [1.82, 2.24) is 9.29 Å². The van der Waals surface area contributed by atoms with Crippen LogP contribution in [0.25, 0.3) is 10.8 Å². The van der Waals surface area contributed by atoms with Gasteiger partial charge >= 0.3 is 0 Å². The van der Waals surface area contributed by atoms with Gasteiger partial charge in [-0.3, -0.25) is 0 Å². The predicted molar refractivity (Wildman–Crippen MR) is 137 cm³/mol. The lowest BCUT2D eigenvalue weighted by Crippen LogP contribution is -2.30. The number of sulfonamides is 1. The topological polar surface area (TPSA) is 92.5 Å². The Labute approximate surface area is 212 Å². The molecule has 3 aromatic carbocycles. The molecule has 0 spiro atoms. The van der Waals surface area contributed by atoms with Gasteiger partial charge in [0, 0.05) is 34.5 Å². The lowest BCUT2D eigenvalue weighted by atomic mass is 10.1. The van der Waals surface area contributed by atoms with Crippen molar-refractivity contribution in [2.24, 2.45) is 0 Å². The monoisotopic (exact) mass is 551 g/mol. The van der Waals surface area contributed by atoms with Gasteiger partial charge in [-0.2, -0.15) is 9.57 Å². The van der Waals surface area contributed by atoms with Gasteiger partial charge in [0.2, 0.25) is 10.0 Å². The summed E-state index contributed by atoms with van der Waals surface area (Å²) in [7, 11) is -0.836. The summed E-state index contributed by atoms with van der Waals surface area (Å²) in [5, 5.41) is 10.4. The number of hydrogen-bond donors (Lipinski definition) is 0. The van der Waals surface area contributed by atoms with E-state index in [4.69, 9.17) is 9.47 Å². The Kier molecular flexibility index (Phi) is 7.36. The van der Waals surface area contributed by atoms with Crippen LogP contribution in [0, 0.1) is 11.3 Å². The summed E-state index contributed by atoms with van der Waals surface area (Å²) >= 11 is 3.41. The van der Waals surface area contributed by atoms with Crippen molar-refractivity contribution in [2.45, 2.75) is 18.0 Å². The third-order valence-corrected chi connectivity index (χ3v) is 7.86. The molecule has 178 valence electrons. The zero-order chi connectivity index (χ0) is 25.0. The van der Waals surface area contributed by atoms with Crippen molar-refractivity contribution in [1.29, 1.82) is 5.26 Å².